The van der Waals surface area contributed by atoms with Gasteiger partial charge in [-0.2, -0.15) is 0 Å². The Hall–Kier alpha value is -3.98. The summed E-state index contributed by atoms with van der Waals surface area (Å²) in [5.41, 5.74) is 1.14. The largest absolute Gasteiger partial charge is 0.497 e. The minimum absolute atomic E-state index is 0.217. The second-order valence-electron chi connectivity index (χ2n) is 7.22. The highest BCUT2D eigenvalue weighted by Crippen LogP contribution is 2.28. The first-order valence-electron chi connectivity index (χ1n) is 10.0. The lowest BCUT2D eigenvalue weighted by Crippen LogP contribution is -2.25. The van der Waals surface area contributed by atoms with Gasteiger partial charge in [0.05, 0.1) is 42.9 Å². The first kappa shape index (κ1) is 22.2. The summed E-state index contributed by atoms with van der Waals surface area (Å²) in [6.07, 6.45) is 1.33. The minimum Gasteiger partial charge on any atom is -0.497 e. The molecule has 9 heteroatoms. The van der Waals surface area contributed by atoms with E-state index in [4.69, 9.17) is 9.47 Å². The van der Waals surface area contributed by atoms with Gasteiger partial charge in [-0.1, -0.05) is 18.2 Å². The third-order valence-electron chi connectivity index (χ3n) is 5.18. The molecule has 0 bridgehead atoms. The molecule has 0 aliphatic heterocycles. The number of aromatic nitrogens is 2. The molecule has 8 nitrogen and oxygen atoms in total. The van der Waals surface area contributed by atoms with Crippen molar-refractivity contribution in [3.8, 4) is 11.5 Å². The van der Waals surface area contributed by atoms with Crippen LogP contribution in [-0.4, -0.2) is 35.5 Å². The zero-order valence-corrected chi connectivity index (χ0v) is 19.1. The number of Topliss-reactive ketones (excluding diaryl/α,β-unsaturated/α-hetero) is 1. The molecule has 1 amide bonds. The van der Waals surface area contributed by atoms with Gasteiger partial charge in [-0.15, -0.1) is 11.3 Å². The number of methoxy groups -OCH3 is 2. The second-order valence-corrected chi connectivity index (χ2v) is 8.22. The molecule has 0 saturated carbocycles. The molecule has 2 heterocycles. The Morgan fingerprint density at radius 1 is 1.09 bits per heavy atom. The molecule has 33 heavy (non-hydrogen) atoms. The number of hydrogen-bond acceptors (Lipinski definition) is 7. The van der Waals surface area contributed by atoms with Gasteiger partial charge in [0, 0.05) is 11.8 Å². The lowest BCUT2D eigenvalue weighted by atomic mass is 10.1. The number of amides is 1. The van der Waals surface area contributed by atoms with E-state index in [-0.39, 0.29) is 23.8 Å². The molecule has 2 aromatic heterocycles. The number of ether oxygens (including phenoxy) is 2. The van der Waals surface area contributed by atoms with E-state index in [0.717, 1.165) is 11.3 Å². The monoisotopic (exact) mass is 463 g/mol. The Bertz CT molecular complexity index is 1410. The number of nitrogens with zero attached hydrogens (tertiary/aromatic N) is 2. The van der Waals surface area contributed by atoms with Crippen molar-refractivity contribution in [2.45, 2.75) is 13.5 Å². The van der Waals surface area contributed by atoms with Crippen LogP contribution in [0.3, 0.4) is 0 Å². The smallest absolute Gasteiger partial charge is 0.266 e. The van der Waals surface area contributed by atoms with E-state index < -0.39 is 0 Å². The van der Waals surface area contributed by atoms with Gasteiger partial charge in [-0.3, -0.25) is 19.0 Å². The van der Waals surface area contributed by atoms with Crippen LogP contribution in [0.1, 0.15) is 25.6 Å². The fourth-order valence-corrected chi connectivity index (χ4v) is 4.50. The zero-order chi connectivity index (χ0) is 23.5. The number of ketones is 1. The normalized spacial score (nSPS) is 10.8. The van der Waals surface area contributed by atoms with Crippen molar-refractivity contribution in [1.29, 1.82) is 0 Å². The van der Waals surface area contributed by atoms with E-state index in [1.54, 1.807) is 37.3 Å². The number of rotatable bonds is 7. The van der Waals surface area contributed by atoms with Crippen LogP contribution >= 0.6 is 11.3 Å². The highest BCUT2D eigenvalue weighted by atomic mass is 32.1. The summed E-state index contributed by atoms with van der Waals surface area (Å²) < 4.78 is 11.7. The van der Waals surface area contributed by atoms with E-state index in [2.05, 4.69) is 10.3 Å². The molecule has 0 fully saturated rings. The third-order valence-corrected chi connectivity index (χ3v) is 6.38. The van der Waals surface area contributed by atoms with Gasteiger partial charge in [-0.05, 0) is 36.8 Å². The first-order chi connectivity index (χ1) is 15.9. The predicted octanol–water partition coefficient (Wildman–Crippen LogP) is 3.92. The molecule has 1 N–H and O–H groups in total. The highest BCUT2D eigenvalue weighted by molar-refractivity contribution is 7.20. The van der Waals surface area contributed by atoms with Gasteiger partial charge in [0.25, 0.3) is 11.5 Å². The third kappa shape index (κ3) is 4.35. The van der Waals surface area contributed by atoms with Crippen molar-refractivity contribution in [2.75, 3.05) is 19.5 Å². The summed E-state index contributed by atoms with van der Waals surface area (Å²) in [6, 6.07) is 13.9. The Kier molecular flexibility index (Phi) is 6.23. The molecule has 0 aliphatic carbocycles. The van der Waals surface area contributed by atoms with Gasteiger partial charge in [0.2, 0.25) is 0 Å². The van der Waals surface area contributed by atoms with Crippen molar-refractivity contribution in [3.05, 3.63) is 81.2 Å². The van der Waals surface area contributed by atoms with E-state index in [1.165, 1.54) is 25.1 Å². The highest BCUT2D eigenvalue weighted by Gasteiger charge is 2.21. The number of anilines is 1. The number of fused-ring (bicyclic) bond motifs is 1. The Morgan fingerprint density at radius 3 is 2.55 bits per heavy atom. The average molecular weight is 464 g/mol. The minimum atomic E-state index is -0.381. The van der Waals surface area contributed by atoms with Crippen LogP contribution < -0.4 is 20.3 Å². The summed E-state index contributed by atoms with van der Waals surface area (Å²) in [7, 11) is 2.98. The molecule has 0 atom stereocenters. The van der Waals surface area contributed by atoms with Gasteiger partial charge in [-0.25, -0.2) is 4.98 Å². The maximum Gasteiger partial charge on any atom is 0.266 e. The number of hydrogen-bond donors (Lipinski definition) is 1. The molecular weight excluding hydrogens is 442 g/mol. The number of aryl methyl sites for hydroxylation is 1. The fraction of sp³-hybridized carbons (Fsp3) is 0.167. The number of carbonyl (C=O) groups excluding carboxylic acids is 2. The second kappa shape index (κ2) is 9.25. The van der Waals surface area contributed by atoms with Crippen LogP contribution in [-0.2, 0) is 6.54 Å². The number of para-hydroxylation sites is 1. The zero-order valence-electron chi connectivity index (χ0n) is 18.2. The van der Waals surface area contributed by atoms with Gasteiger partial charge in [0.15, 0.2) is 5.78 Å². The summed E-state index contributed by atoms with van der Waals surface area (Å²) in [5.74, 6) is 0.284. The predicted molar refractivity (Wildman–Crippen MR) is 127 cm³/mol. The van der Waals surface area contributed by atoms with Crippen molar-refractivity contribution in [3.63, 3.8) is 0 Å². The first-order valence-corrected chi connectivity index (χ1v) is 10.8. The van der Waals surface area contributed by atoms with Crippen LogP contribution in [0.4, 0.5) is 5.69 Å². The van der Waals surface area contributed by atoms with Crippen LogP contribution in [0.2, 0.25) is 0 Å². The summed E-state index contributed by atoms with van der Waals surface area (Å²) in [5, 5.41) is 3.16. The van der Waals surface area contributed by atoms with Crippen molar-refractivity contribution in [1.82, 2.24) is 9.55 Å². The Morgan fingerprint density at radius 2 is 1.85 bits per heavy atom. The van der Waals surface area contributed by atoms with Crippen LogP contribution in [0, 0.1) is 6.92 Å². The topological polar surface area (TPSA) is 99.5 Å². The van der Waals surface area contributed by atoms with Gasteiger partial charge >= 0.3 is 0 Å². The lowest BCUT2D eigenvalue weighted by Gasteiger charge is -2.10. The van der Waals surface area contributed by atoms with Crippen molar-refractivity contribution in [2.24, 2.45) is 0 Å². The fourth-order valence-electron chi connectivity index (χ4n) is 3.47. The number of nitrogens with one attached hydrogen (secondary N) is 1. The Balaban J connectivity index is 1.65. The van der Waals surface area contributed by atoms with Crippen LogP contribution in [0.15, 0.2) is 59.7 Å². The average Bonchev–Trinajstić information content (AvgIpc) is 3.18. The van der Waals surface area contributed by atoms with Gasteiger partial charge in [0.1, 0.15) is 16.3 Å². The molecule has 0 aliphatic rings. The standard InChI is InChI=1S/C24H21N3O5S/c1-14-20-23(33-21(14)22(29)26-15-7-5-4-6-8-15)25-13-27(24(20)30)12-18(28)17-10-9-16(31-2)11-19(17)32-3/h4-11,13H,12H2,1-3H3,(H,26,29). The molecule has 2 aromatic carbocycles. The van der Waals surface area contributed by atoms with Gasteiger partial charge < -0.3 is 14.8 Å². The summed E-state index contributed by atoms with van der Waals surface area (Å²) in [4.78, 5) is 44.0. The van der Waals surface area contributed by atoms with E-state index >= 15 is 0 Å². The maximum atomic E-state index is 13.2. The molecule has 4 rings (SSSR count). The number of carbonyl (C=O) groups is 2. The molecule has 0 unspecified atom stereocenters. The lowest BCUT2D eigenvalue weighted by molar-refractivity contribution is 0.0966. The number of thiophene rings is 1. The summed E-state index contributed by atoms with van der Waals surface area (Å²) in [6.45, 7) is 1.49. The molecule has 0 spiro atoms. The van der Waals surface area contributed by atoms with Crippen LogP contribution in [0.25, 0.3) is 10.2 Å². The summed E-state index contributed by atoms with van der Waals surface area (Å²) >= 11 is 1.14. The van der Waals surface area contributed by atoms with E-state index in [0.29, 0.717) is 43.4 Å². The molecule has 168 valence electrons. The molecule has 0 saturated heterocycles. The van der Waals surface area contributed by atoms with Crippen molar-refractivity contribution < 1.29 is 19.1 Å². The van der Waals surface area contributed by atoms with Crippen molar-refractivity contribution >= 4 is 38.9 Å². The molecule has 0 radical (unpaired) electrons. The maximum absolute atomic E-state index is 13.2. The Labute approximate surface area is 193 Å². The van der Waals surface area contributed by atoms with E-state index in [1.807, 2.05) is 18.2 Å². The molecule has 4 aromatic rings. The SMILES string of the molecule is COc1ccc(C(=O)Cn2cnc3sc(C(=O)Nc4ccccc4)c(C)c3c2=O)c(OC)c1. The molecular formula is C24H21N3O5S. The van der Waals surface area contributed by atoms with E-state index in [9.17, 15) is 14.4 Å². The van der Waals surface area contributed by atoms with Crippen LogP contribution in [0.5, 0.6) is 11.5 Å². The number of benzene rings is 2. The quantitative estimate of drug-likeness (QED) is 0.417.